The van der Waals surface area contributed by atoms with Crippen LogP contribution in [0.25, 0.3) is 26.6 Å². The van der Waals surface area contributed by atoms with Crippen molar-refractivity contribution in [3.8, 4) is 28.0 Å². The molecule has 0 spiro atoms. The Morgan fingerprint density at radius 1 is 1.12 bits per heavy atom. The van der Waals surface area contributed by atoms with Crippen molar-refractivity contribution in [1.29, 1.82) is 0 Å². The summed E-state index contributed by atoms with van der Waals surface area (Å²) in [6.45, 7) is 1.83. The summed E-state index contributed by atoms with van der Waals surface area (Å²) in [6, 6.07) is 12.9. The number of nitro benzene ring substituents is 1. The lowest BCUT2D eigenvalue weighted by molar-refractivity contribution is -0.384. The van der Waals surface area contributed by atoms with Gasteiger partial charge in [-0.2, -0.15) is 0 Å². The molecule has 0 aliphatic heterocycles. The molecule has 0 saturated heterocycles. The number of hydrogen-bond acceptors (Lipinski definition) is 8. The quantitative estimate of drug-likeness (QED) is 0.180. The van der Waals surface area contributed by atoms with Crippen LogP contribution in [-0.2, 0) is 0 Å². The first-order valence-electron chi connectivity index (χ1n) is 9.83. The summed E-state index contributed by atoms with van der Waals surface area (Å²) in [5.41, 5.74) is 0.244. The summed E-state index contributed by atoms with van der Waals surface area (Å²) >= 11 is 2.24. The number of non-ortho nitro benzene ring substituents is 1. The van der Waals surface area contributed by atoms with E-state index in [1.54, 1.807) is 12.1 Å². The number of aromatic hydroxyl groups is 2. The second-order valence-corrected chi connectivity index (χ2v) is 9.68. The summed E-state index contributed by atoms with van der Waals surface area (Å²) in [5, 5.41) is 33.3. The van der Waals surface area contributed by atoms with Gasteiger partial charge >= 0.3 is 0 Å². The minimum Gasteiger partial charge on any atom is -0.503 e. The third kappa shape index (κ3) is 3.51. The van der Waals surface area contributed by atoms with E-state index >= 15 is 0 Å². The van der Waals surface area contributed by atoms with Crippen LogP contribution in [0.1, 0.15) is 20.1 Å². The molecule has 2 N–H and O–H groups in total. The highest BCUT2D eigenvalue weighted by Gasteiger charge is 2.32. The number of halogens is 1. The molecule has 0 unspecified atom stereocenters. The predicted octanol–water partition coefficient (Wildman–Crippen LogP) is 5.81. The molecular formula is C23H14FN3O5S2. The van der Waals surface area contributed by atoms with Crippen molar-refractivity contribution in [1.82, 2.24) is 9.55 Å². The Balaban J connectivity index is 1.83. The van der Waals surface area contributed by atoms with Gasteiger partial charge in [0, 0.05) is 22.6 Å². The van der Waals surface area contributed by atoms with E-state index in [1.165, 1.54) is 53.8 Å². The molecule has 0 aliphatic rings. The Kier molecular flexibility index (Phi) is 5.14. The monoisotopic (exact) mass is 495 g/mol. The second-order valence-electron chi connectivity index (χ2n) is 7.39. The molecule has 34 heavy (non-hydrogen) atoms. The summed E-state index contributed by atoms with van der Waals surface area (Å²) in [5.74, 6) is -2.36. The molecule has 3 aromatic heterocycles. The molecule has 2 aromatic carbocycles. The van der Waals surface area contributed by atoms with Gasteiger partial charge in [0.25, 0.3) is 5.69 Å². The molecular weight excluding hydrogens is 481 g/mol. The first-order valence-corrected chi connectivity index (χ1v) is 11.5. The highest BCUT2D eigenvalue weighted by Crippen LogP contribution is 2.46. The van der Waals surface area contributed by atoms with Crippen LogP contribution in [0.15, 0.2) is 54.6 Å². The zero-order valence-corrected chi connectivity index (χ0v) is 19.0. The van der Waals surface area contributed by atoms with E-state index in [4.69, 9.17) is 0 Å². The van der Waals surface area contributed by atoms with Crippen molar-refractivity contribution in [2.45, 2.75) is 6.92 Å². The van der Waals surface area contributed by atoms with E-state index in [1.807, 2.05) is 6.92 Å². The minimum absolute atomic E-state index is 0.0364. The Hall–Kier alpha value is -4.09. The summed E-state index contributed by atoms with van der Waals surface area (Å²) in [7, 11) is 0. The number of carbonyl (C=O) groups is 1. The molecule has 0 amide bonds. The van der Waals surface area contributed by atoms with Crippen LogP contribution < -0.4 is 0 Å². The molecule has 0 radical (unpaired) electrons. The van der Waals surface area contributed by atoms with Gasteiger partial charge in [-0.3, -0.25) is 19.5 Å². The maximum atomic E-state index is 13.7. The van der Waals surface area contributed by atoms with Crippen molar-refractivity contribution in [2.24, 2.45) is 0 Å². The van der Waals surface area contributed by atoms with E-state index in [0.717, 1.165) is 20.8 Å². The highest BCUT2D eigenvalue weighted by atomic mass is 32.1. The van der Waals surface area contributed by atoms with Gasteiger partial charge in [0.1, 0.15) is 5.82 Å². The largest absolute Gasteiger partial charge is 0.503 e. The van der Waals surface area contributed by atoms with Crippen molar-refractivity contribution in [3.05, 3.63) is 85.8 Å². The molecule has 8 nitrogen and oxygen atoms in total. The van der Waals surface area contributed by atoms with Crippen LogP contribution in [0, 0.1) is 22.9 Å². The number of thiazole rings is 1. The summed E-state index contributed by atoms with van der Waals surface area (Å²) in [6.07, 6.45) is 0. The number of rotatable bonds is 5. The average molecular weight is 496 g/mol. The van der Waals surface area contributed by atoms with Gasteiger partial charge in [-0.05, 0) is 37.3 Å². The molecule has 0 aliphatic carbocycles. The molecule has 0 fully saturated rings. The van der Waals surface area contributed by atoms with Gasteiger partial charge in [0.2, 0.25) is 11.7 Å². The number of ketones is 1. The van der Waals surface area contributed by atoms with Gasteiger partial charge < -0.3 is 10.2 Å². The Bertz CT molecular complexity index is 1620. The number of nitrogens with zero attached hydrogens (tertiary/aromatic N) is 3. The van der Waals surface area contributed by atoms with Gasteiger partial charge in [0.15, 0.2) is 10.9 Å². The van der Waals surface area contributed by atoms with E-state index < -0.39 is 28.2 Å². The van der Waals surface area contributed by atoms with Crippen LogP contribution in [0.3, 0.4) is 0 Å². The smallest absolute Gasteiger partial charge is 0.270 e. The number of hydrogen-bond donors (Lipinski definition) is 2. The van der Waals surface area contributed by atoms with Crippen molar-refractivity contribution < 1.29 is 24.3 Å². The topological polar surface area (TPSA) is 118 Å². The number of thiophene rings is 1. The number of carbonyl (C=O) groups excluding carboxylic acids is 1. The molecule has 0 bridgehead atoms. The first-order chi connectivity index (χ1) is 16.2. The molecule has 0 atom stereocenters. The number of fused-ring (bicyclic) bond motifs is 1. The highest BCUT2D eigenvalue weighted by molar-refractivity contribution is 7.20. The van der Waals surface area contributed by atoms with Crippen LogP contribution in [0.5, 0.6) is 11.6 Å². The molecule has 0 saturated carbocycles. The molecule has 5 rings (SSSR count). The predicted molar refractivity (Wildman–Crippen MR) is 127 cm³/mol. The minimum atomic E-state index is -0.678. The lowest BCUT2D eigenvalue weighted by Gasteiger charge is -2.09. The lowest BCUT2D eigenvalue weighted by atomic mass is 10.0. The standard InChI is InChI=1S/C23H14FN3O5S2/c1-11-5-8-16(33-11)20(28)18-19(12-3-2-4-14(9-12)27(31)32)26(22(30)21(18)29)23-25-15-7-6-13(24)10-17(15)34-23/h2-10,29-30H,1H3. The van der Waals surface area contributed by atoms with Gasteiger partial charge in [-0.25, -0.2) is 9.37 Å². The molecule has 170 valence electrons. The van der Waals surface area contributed by atoms with Crippen LogP contribution in [0.2, 0.25) is 0 Å². The van der Waals surface area contributed by atoms with Crippen molar-refractivity contribution in [3.63, 3.8) is 0 Å². The van der Waals surface area contributed by atoms with Gasteiger partial charge in [0.05, 0.1) is 31.3 Å². The lowest BCUT2D eigenvalue weighted by Crippen LogP contribution is -2.03. The number of aryl methyl sites for hydroxylation is 1. The average Bonchev–Trinajstić information content (AvgIpc) is 3.49. The normalized spacial score (nSPS) is 11.2. The fourth-order valence-corrected chi connectivity index (χ4v) is 5.46. The third-order valence-electron chi connectivity index (χ3n) is 5.17. The maximum Gasteiger partial charge on any atom is 0.270 e. The van der Waals surface area contributed by atoms with Gasteiger partial charge in [-0.1, -0.05) is 23.5 Å². The zero-order valence-electron chi connectivity index (χ0n) is 17.4. The number of aromatic nitrogens is 2. The molecule has 5 aromatic rings. The second kappa shape index (κ2) is 8.04. The van der Waals surface area contributed by atoms with Crippen LogP contribution in [0.4, 0.5) is 10.1 Å². The summed E-state index contributed by atoms with van der Waals surface area (Å²) in [4.78, 5) is 29.9. The fourth-order valence-electron chi connectivity index (χ4n) is 3.65. The van der Waals surface area contributed by atoms with Crippen LogP contribution >= 0.6 is 22.7 Å². The Labute approximate surface area is 199 Å². The van der Waals surface area contributed by atoms with E-state index in [-0.39, 0.29) is 27.6 Å². The van der Waals surface area contributed by atoms with Crippen LogP contribution in [-0.4, -0.2) is 30.5 Å². The zero-order chi connectivity index (χ0) is 24.1. The molecule has 11 heteroatoms. The third-order valence-corrected chi connectivity index (χ3v) is 7.18. The Morgan fingerprint density at radius 3 is 2.62 bits per heavy atom. The maximum absolute atomic E-state index is 13.7. The fraction of sp³-hybridized carbons (Fsp3) is 0.0435. The van der Waals surface area contributed by atoms with E-state index in [2.05, 4.69) is 4.98 Å². The SMILES string of the molecule is Cc1ccc(C(=O)c2c(O)c(O)n(-c3nc4ccc(F)cc4s3)c2-c2cccc([N+](=O)[O-])c2)s1. The van der Waals surface area contributed by atoms with E-state index in [0.29, 0.717) is 15.1 Å². The Morgan fingerprint density at radius 2 is 1.91 bits per heavy atom. The van der Waals surface area contributed by atoms with E-state index in [9.17, 15) is 29.5 Å². The number of benzene rings is 2. The van der Waals surface area contributed by atoms with Gasteiger partial charge in [-0.15, -0.1) is 11.3 Å². The number of nitro groups is 1. The first kappa shape index (κ1) is 21.7. The van der Waals surface area contributed by atoms with Crippen molar-refractivity contribution in [2.75, 3.05) is 0 Å². The molecule has 3 heterocycles. The van der Waals surface area contributed by atoms with Crippen molar-refractivity contribution >= 4 is 44.4 Å². The summed E-state index contributed by atoms with van der Waals surface area (Å²) < 4.78 is 15.4.